The molecule has 1 aliphatic carbocycles. The number of hydrogen-bond donors (Lipinski definition) is 1. The van der Waals surface area contributed by atoms with Gasteiger partial charge in [0.1, 0.15) is 0 Å². The van der Waals surface area contributed by atoms with E-state index >= 15 is 0 Å². The second-order valence-corrected chi connectivity index (χ2v) is 2.82. The highest BCUT2D eigenvalue weighted by Gasteiger charge is 2.09. The highest BCUT2D eigenvalue weighted by Crippen LogP contribution is 2.19. The molecule has 0 aromatic heterocycles. The van der Waals surface area contributed by atoms with E-state index in [0.717, 1.165) is 25.0 Å². The molecular weight excluding hydrogens is 122 g/mol. The molecule has 0 spiro atoms. The lowest BCUT2D eigenvalue weighted by molar-refractivity contribution is 0.728. The number of hydrogen-bond acceptors (Lipinski definition) is 1. The molecule has 0 atom stereocenters. The summed E-state index contributed by atoms with van der Waals surface area (Å²) in [5.41, 5.74) is 2.18. The molecule has 1 N–H and O–H groups in total. The minimum absolute atomic E-state index is 0.883. The Kier molecular flexibility index (Phi) is 2.67. The van der Waals surface area contributed by atoms with Crippen LogP contribution in [-0.4, -0.2) is 5.71 Å². The molecule has 0 amide bonds. The van der Waals surface area contributed by atoms with Gasteiger partial charge in [-0.15, -0.1) is 0 Å². The van der Waals surface area contributed by atoms with Crippen molar-refractivity contribution in [3.63, 3.8) is 0 Å². The third-order valence-corrected chi connectivity index (χ3v) is 1.96. The van der Waals surface area contributed by atoms with Crippen LogP contribution in [0, 0.1) is 5.41 Å². The first-order valence-corrected chi connectivity index (χ1v) is 4.11. The van der Waals surface area contributed by atoms with Gasteiger partial charge in [-0.2, -0.15) is 0 Å². The molecule has 56 valence electrons. The summed E-state index contributed by atoms with van der Waals surface area (Å²) in [4.78, 5) is 0. The Morgan fingerprint density at radius 3 is 2.70 bits per heavy atom. The second-order valence-electron chi connectivity index (χ2n) is 2.82. The van der Waals surface area contributed by atoms with Gasteiger partial charge in [-0.1, -0.05) is 13.0 Å². The van der Waals surface area contributed by atoms with Gasteiger partial charge in [0.05, 0.1) is 0 Å². The molecule has 0 unspecified atom stereocenters. The maximum absolute atomic E-state index is 7.58. The summed E-state index contributed by atoms with van der Waals surface area (Å²) < 4.78 is 0. The highest BCUT2D eigenvalue weighted by atomic mass is 14.4. The van der Waals surface area contributed by atoms with Gasteiger partial charge in [0.15, 0.2) is 0 Å². The first kappa shape index (κ1) is 7.52. The average Bonchev–Trinajstić information content (AvgIpc) is 1.94. The highest BCUT2D eigenvalue weighted by molar-refractivity contribution is 5.98. The lowest BCUT2D eigenvalue weighted by atomic mass is 9.92. The van der Waals surface area contributed by atoms with E-state index in [1.807, 2.05) is 0 Å². The van der Waals surface area contributed by atoms with E-state index in [1.165, 1.54) is 18.4 Å². The number of rotatable bonds is 1. The number of allylic oxidation sites excluding steroid dienone is 2. The Balaban J connectivity index is 2.56. The van der Waals surface area contributed by atoms with Crippen molar-refractivity contribution < 1.29 is 0 Å². The molecule has 1 fully saturated rings. The molecule has 0 saturated heterocycles. The van der Waals surface area contributed by atoms with Crippen LogP contribution in [0.25, 0.3) is 0 Å². The van der Waals surface area contributed by atoms with Crippen molar-refractivity contribution in [3.05, 3.63) is 11.6 Å². The Bertz CT molecular complexity index is 156. The third-order valence-electron chi connectivity index (χ3n) is 1.96. The van der Waals surface area contributed by atoms with Crippen molar-refractivity contribution in [2.75, 3.05) is 0 Å². The van der Waals surface area contributed by atoms with E-state index in [4.69, 9.17) is 5.41 Å². The predicted octanol–water partition coefficient (Wildman–Crippen LogP) is 2.92. The fourth-order valence-corrected chi connectivity index (χ4v) is 1.40. The molecule has 1 saturated carbocycles. The summed E-state index contributed by atoms with van der Waals surface area (Å²) in [6.45, 7) is 2.13. The third kappa shape index (κ3) is 1.69. The zero-order valence-corrected chi connectivity index (χ0v) is 6.61. The van der Waals surface area contributed by atoms with E-state index in [0.29, 0.717) is 0 Å². The van der Waals surface area contributed by atoms with Crippen molar-refractivity contribution in [2.24, 2.45) is 0 Å². The van der Waals surface area contributed by atoms with Crippen LogP contribution in [0.4, 0.5) is 0 Å². The van der Waals surface area contributed by atoms with Crippen LogP contribution in [-0.2, 0) is 0 Å². The van der Waals surface area contributed by atoms with Crippen LogP contribution in [0.5, 0.6) is 0 Å². The zero-order chi connectivity index (χ0) is 7.40. The van der Waals surface area contributed by atoms with Gasteiger partial charge in [0.25, 0.3) is 0 Å². The van der Waals surface area contributed by atoms with E-state index in [-0.39, 0.29) is 0 Å². The molecule has 0 bridgehead atoms. The summed E-state index contributed by atoms with van der Waals surface area (Å²) in [6, 6.07) is 0. The standard InChI is InChI=1S/C9H15N/c1-2-5-8-6-3-4-7-9(8)10/h5,10H,2-4,6-7H2,1H3/b8-5+,10-9?. The fourth-order valence-electron chi connectivity index (χ4n) is 1.40. The van der Waals surface area contributed by atoms with Crippen molar-refractivity contribution >= 4 is 5.71 Å². The SMILES string of the molecule is CC/C=C1\CCCCC1=N. The maximum atomic E-state index is 7.58. The maximum Gasteiger partial charge on any atom is 0.0342 e. The predicted molar refractivity (Wildman–Crippen MR) is 44.6 cm³/mol. The van der Waals surface area contributed by atoms with Gasteiger partial charge in [-0.3, -0.25) is 0 Å². The quantitative estimate of drug-likeness (QED) is 0.574. The zero-order valence-electron chi connectivity index (χ0n) is 6.61. The topological polar surface area (TPSA) is 23.9 Å². The fraction of sp³-hybridized carbons (Fsp3) is 0.667. The van der Waals surface area contributed by atoms with Crippen LogP contribution in [0.1, 0.15) is 39.0 Å². The van der Waals surface area contributed by atoms with Gasteiger partial charge in [0.2, 0.25) is 0 Å². The first-order valence-electron chi connectivity index (χ1n) is 4.11. The van der Waals surface area contributed by atoms with Crippen molar-refractivity contribution in [1.29, 1.82) is 5.41 Å². The molecular formula is C9H15N. The lowest BCUT2D eigenvalue weighted by Gasteiger charge is -2.14. The second kappa shape index (κ2) is 3.55. The molecule has 1 nitrogen and oxygen atoms in total. The van der Waals surface area contributed by atoms with Crippen molar-refractivity contribution in [1.82, 2.24) is 0 Å². The molecule has 0 aromatic rings. The Hall–Kier alpha value is -0.590. The van der Waals surface area contributed by atoms with Gasteiger partial charge in [-0.05, 0) is 37.7 Å². The molecule has 0 radical (unpaired) electrons. The Morgan fingerprint density at radius 2 is 2.10 bits per heavy atom. The Labute approximate surface area is 62.6 Å². The van der Waals surface area contributed by atoms with Gasteiger partial charge < -0.3 is 5.41 Å². The molecule has 0 aromatic carbocycles. The Morgan fingerprint density at radius 1 is 1.40 bits per heavy atom. The smallest absolute Gasteiger partial charge is 0.0342 e. The summed E-state index contributed by atoms with van der Waals surface area (Å²) in [7, 11) is 0. The van der Waals surface area contributed by atoms with E-state index in [2.05, 4.69) is 13.0 Å². The minimum atomic E-state index is 0.883. The molecule has 1 aliphatic rings. The van der Waals surface area contributed by atoms with Crippen LogP contribution < -0.4 is 0 Å². The summed E-state index contributed by atoms with van der Waals surface area (Å²) in [5, 5.41) is 7.58. The molecule has 1 heteroatoms. The first-order chi connectivity index (χ1) is 4.84. The largest absolute Gasteiger partial charge is 0.305 e. The molecule has 0 heterocycles. The van der Waals surface area contributed by atoms with Gasteiger partial charge >= 0.3 is 0 Å². The van der Waals surface area contributed by atoms with E-state index < -0.39 is 0 Å². The van der Waals surface area contributed by atoms with Crippen LogP contribution in [0.15, 0.2) is 11.6 Å². The van der Waals surface area contributed by atoms with Crippen LogP contribution in [0.3, 0.4) is 0 Å². The molecule has 1 rings (SSSR count). The van der Waals surface area contributed by atoms with Gasteiger partial charge in [-0.25, -0.2) is 0 Å². The molecule has 10 heavy (non-hydrogen) atoms. The minimum Gasteiger partial charge on any atom is -0.305 e. The van der Waals surface area contributed by atoms with Crippen molar-refractivity contribution in [3.8, 4) is 0 Å². The summed E-state index contributed by atoms with van der Waals surface area (Å²) >= 11 is 0. The van der Waals surface area contributed by atoms with E-state index in [9.17, 15) is 0 Å². The van der Waals surface area contributed by atoms with Crippen LogP contribution >= 0.6 is 0 Å². The monoisotopic (exact) mass is 137 g/mol. The normalized spacial score (nSPS) is 23.7. The van der Waals surface area contributed by atoms with E-state index in [1.54, 1.807) is 0 Å². The van der Waals surface area contributed by atoms with Crippen molar-refractivity contribution in [2.45, 2.75) is 39.0 Å². The number of nitrogens with one attached hydrogen (secondary N) is 1. The van der Waals surface area contributed by atoms with Gasteiger partial charge in [0, 0.05) is 5.71 Å². The molecule has 0 aliphatic heterocycles. The average molecular weight is 137 g/mol. The lowest BCUT2D eigenvalue weighted by Crippen LogP contribution is -2.07. The summed E-state index contributed by atoms with van der Waals surface area (Å²) in [6.07, 6.45) is 7.94. The van der Waals surface area contributed by atoms with Crippen LogP contribution in [0.2, 0.25) is 0 Å². The summed E-state index contributed by atoms with van der Waals surface area (Å²) in [5.74, 6) is 0.